The first-order valence-corrected chi connectivity index (χ1v) is 7.27. The predicted molar refractivity (Wildman–Crippen MR) is 83.8 cm³/mol. The number of nitrogens with zero attached hydrogens (tertiary/aromatic N) is 1. The number of halogens is 1. The Hall–Kier alpha value is -1.56. The number of hydrogen-bond donors (Lipinski definition) is 2. The van der Waals surface area contributed by atoms with Crippen molar-refractivity contribution in [3.05, 3.63) is 28.7 Å². The zero-order valence-electron chi connectivity index (χ0n) is 11.9. The molecule has 1 rings (SSSR count). The lowest BCUT2D eigenvalue weighted by atomic mass is 10.3. The van der Waals surface area contributed by atoms with Crippen LogP contribution in [0.5, 0.6) is 0 Å². The van der Waals surface area contributed by atoms with E-state index in [9.17, 15) is 9.59 Å². The van der Waals surface area contributed by atoms with Crippen LogP contribution in [0.15, 0.2) is 28.7 Å². The van der Waals surface area contributed by atoms with Gasteiger partial charge in [0.25, 0.3) is 0 Å². The summed E-state index contributed by atoms with van der Waals surface area (Å²) < 4.78 is 0.958. The summed E-state index contributed by atoms with van der Waals surface area (Å²) in [7, 11) is 0. The van der Waals surface area contributed by atoms with Crippen molar-refractivity contribution in [2.75, 3.05) is 18.0 Å². The molecule has 0 saturated heterocycles. The highest BCUT2D eigenvalue weighted by molar-refractivity contribution is 9.10. The van der Waals surface area contributed by atoms with Crippen LogP contribution in [0, 0.1) is 0 Å². The number of hydrogen-bond acceptors (Lipinski definition) is 2. The first-order valence-electron chi connectivity index (χ1n) is 6.48. The molecule has 0 radical (unpaired) electrons. The lowest BCUT2D eigenvalue weighted by molar-refractivity contribution is -0.116. The Bertz CT molecular complexity index is 460. The van der Waals surface area contributed by atoms with Gasteiger partial charge in [-0.25, -0.2) is 4.79 Å². The Morgan fingerprint density at radius 3 is 2.35 bits per heavy atom. The van der Waals surface area contributed by atoms with Crippen molar-refractivity contribution in [2.45, 2.75) is 26.8 Å². The van der Waals surface area contributed by atoms with Crippen LogP contribution in [0.4, 0.5) is 10.5 Å². The summed E-state index contributed by atoms with van der Waals surface area (Å²) in [6, 6.07) is 7.35. The monoisotopic (exact) mass is 341 g/mol. The molecule has 0 aromatic heterocycles. The number of anilines is 1. The number of rotatable bonds is 5. The van der Waals surface area contributed by atoms with Crippen molar-refractivity contribution in [1.29, 1.82) is 0 Å². The van der Waals surface area contributed by atoms with Gasteiger partial charge in [0.1, 0.15) is 0 Å². The Morgan fingerprint density at radius 1 is 1.25 bits per heavy atom. The molecule has 0 aliphatic heterocycles. The van der Waals surface area contributed by atoms with Crippen molar-refractivity contribution in [1.82, 2.24) is 10.6 Å². The van der Waals surface area contributed by atoms with Gasteiger partial charge in [-0.3, -0.25) is 4.79 Å². The molecule has 0 aliphatic rings. The fourth-order valence-corrected chi connectivity index (χ4v) is 1.95. The van der Waals surface area contributed by atoms with Crippen LogP contribution in [0.2, 0.25) is 0 Å². The molecule has 0 saturated carbocycles. The summed E-state index contributed by atoms with van der Waals surface area (Å²) in [5.74, 6) is -0.0570. The van der Waals surface area contributed by atoms with Crippen molar-refractivity contribution in [3.63, 3.8) is 0 Å². The summed E-state index contributed by atoms with van der Waals surface area (Å²) in [6.45, 7) is 6.12. The standard InChI is InChI=1S/C14H20BrN3O2/c1-10(2)17-14(20)16-8-9-18(11(3)19)13-6-4-12(15)5-7-13/h4-7,10H,8-9H2,1-3H3,(H2,16,17,20). The van der Waals surface area contributed by atoms with E-state index in [2.05, 4.69) is 26.6 Å². The molecule has 0 spiro atoms. The fraction of sp³-hybridized carbons (Fsp3) is 0.429. The van der Waals surface area contributed by atoms with Crippen molar-refractivity contribution < 1.29 is 9.59 Å². The second kappa shape index (κ2) is 7.89. The zero-order valence-corrected chi connectivity index (χ0v) is 13.5. The molecule has 0 fully saturated rings. The summed E-state index contributed by atoms with van der Waals surface area (Å²) in [6.07, 6.45) is 0. The van der Waals surface area contributed by atoms with E-state index in [4.69, 9.17) is 0 Å². The molecule has 3 amide bonds. The van der Waals surface area contributed by atoms with Gasteiger partial charge in [0.2, 0.25) is 5.91 Å². The second-order valence-electron chi connectivity index (χ2n) is 4.70. The minimum atomic E-state index is -0.223. The molecular formula is C14H20BrN3O2. The Balaban J connectivity index is 2.54. The van der Waals surface area contributed by atoms with Crippen LogP contribution < -0.4 is 15.5 Å². The maximum absolute atomic E-state index is 11.7. The van der Waals surface area contributed by atoms with Gasteiger partial charge >= 0.3 is 6.03 Å². The first kappa shape index (κ1) is 16.5. The normalized spacial score (nSPS) is 10.2. The van der Waals surface area contributed by atoms with Crippen LogP contribution in [0.25, 0.3) is 0 Å². The van der Waals surface area contributed by atoms with Crippen molar-refractivity contribution in [3.8, 4) is 0 Å². The van der Waals surface area contributed by atoms with Crippen LogP contribution in [-0.2, 0) is 4.79 Å². The molecule has 0 unspecified atom stereocenters. The van der Waals surface area contributed by atoms with Gasteiger partial charge in [0, 0.05) is 36.2 Å². The van der Waals surface area contributed by atoms with E-state index < -0.39 is 0 Å². The van der Waals surface area contributed by atoms with Gasteiger partial charge in [-0.05, 0) is 38.1 Å². The molecule has 0 heterocycles. The molecule has 6 heteroatoms. The van der Waals surface area contributed by atoms with Crippen molar-refractivity contribution in [2.24, 2.45) is 0 Å². The quantitative estimate of drug-likeness (QED) is 0.864. The van der Waals surface area contributed by atoms with E-state index in [1.165, 1.54) is 6.92 Å². The minimum absolute atomic E-state index is 0.0570. The lowest BCUT2D eigenvalue weighted by Gasteiger charge is -2.21. The third kappa shape index (κ3) is 5.61. The van der Waals surface area contributed by atoms with Crippen LogP contribution >= 0.6 is 15.9 Å². The first-order chi connectivity index (χ1) is 9.40. The molecule has 1 aromatic rings. The Labute approximate surface area is 127 Å². The van der Waals surface area contributed by atoms with Gasteiger partial charge in [-0.1, -0.05) is 15.9 Å². The molecule has 0 bridgehead atoms. The Morgan fingerprint density at radius 2 is 1.85 bits per heavy atom. The third-order valence-corrected chi connectivity index (χ3v) is 3.09. The molecule has 5 nitrogen and oxygen atoms in total. The summed E-state index contributed by atoms with van der Waals surface area (Å²) in [4.78, 5) is 24.7. The summed E-state index contributed by atoms with van der Waals surface area (Å²) in [5, 5.41) is 5.46. The molecule has 20 heavy (non-hydrogen) atoms. The number of carbonyl (C=O) groups is 2. The van der Waals surface area contributed by atoms with Gasteiger partial charge in [-0.2, -0.15) is 0 Å². The van der Waals surface area contributed by atoms with Crippen molar-refractivity contribution >= 4 is 33.6 Å². The summed E-state index contributed by atoms with van der Waals surface area (Å²) >= 11 is 3.36. The maximum Gasteiger partial charge on any atom is 0.315 e. The van der Waals surface area contributed by atoms with E-state index in [1.54, 1.807) is 4.90 Å². The van der Waals surface area contributed by atoms with Gasteiger partial charge < -0.3 is 15.5 Å². The molecule has 0 atom stereocenters. The topological polar surface area (TPSA) is 61.4 Å². The number of carbonyl (C=O) groups excluding carboxylic acids is 2. The molecule has 2 N–H and O–H groups in total. The molecular weight excluding hydrogens is 322 g/mol. The lowest BCUT2D eigenvalue weighted by Crippen LogP contribution is -2.43. The van der Waals surface area contributed by atoms with Crippen LogP contribution in [0.3, 0.4) is 0 Å². The number of urea groups is 1. The van der Waals surface area contributed by atoms with E-state index >= 15 is 0 Å². The minimum Gasteiger partial charge on any atom is -0.336 e. The average Bonchev–Trinajstić information content (AvgIpc) is 2.35. The van der Waals surface area contributed by atoms with Gasteiger partial charge in [0.05, 0.1) is 0 Å². The largest absolute Gasteiger partial charge is 0.336 e. The number of nitrogens with one attached hydrogen (secondary N) is 2. The van der Waals surface area contributed by atoms with Gasteiger partial charge in [0.15, 0.2) is 0 Å². The third-order valence-electron chi connectivity index (χ3n) is 2.56. The molecule has 110 valence electrons. The van der Waals surface area contributed by atoms with E-state index in [0.717, 1.165) is 10.2 Å². The molecule has 0 aliphatic carbocycles. The second-order valence-corrected chi connectivity index (χ2v) is 5.62. The van der Waals surface area contributed by atoms with Crippen LogP contribution in [-0.4, -0.2) is 31.1 Å². The average molecular weight is 342 g/mol. The number of amides is 3. The highest BCUT2D eigenvalue weighted by atomic mass is 79.9. The zero-order chi connectivity index (χ0) is 15.1. The Kier molecular flexibility index (Phi) is 6.51. The van der Waals surface area contributed by atoms with Gasteiger partial charge in [-0.15, -0.1) is 0 Å². The summed E-state index contributed by atoms with van der Waals surface area (Å²) in [5.41, 5.74) is 0.812. The SMILES string of the molecule is CC(=O)N(CCNC(=O)NC(C)C)c1ccc(Br)cc1. The van der Waals surface area contributed by atoms with E-state index in [0.29, 0.717) is 13.1 Å². The predicted octanol–water partition coefficient (Wildman–Crippen LogP) is 2.51. The van der Waals surface area contributed by atoms with Crippen LogP contribution in [0.1, 0.15) is 20.8 Å². The van der Waals surface area contributed by atoms with E-state index in [1.807, 2.05) is 38.1 Å². The highest BCUT2D eigenvalue weighted by Crippen LogP contribution is 2.18. The maximum atomic E-state index is 11.7. The smallest absolute Gasteiger partial charge is 0.315 e. The molecule has 1 aromatic carbocycles. The highest BCUT2D eigenvalue weighted by Gasteiger charge is 2.11. The van der Waals surface area contributed by atoms with E-state index in [-0.39, 0.29) is 18.0 Å². The fourth-order valence-electron chi connectivity index (χ4n) is 1.68. The number of benzene rings is 1.